The number of aromatic nitrogens is 4. The average molecular weight is 869 g/mol. The van der Waals surface area contributed by atoms with Gasteiger partial charge in [0.2, 0.25) is 0 Å². The highest BCUT2D eigenvalue weighted by atomic mass is 16.3. The van der Waals surface area contributed by atoms with Crippen molar-refractivity contribution in [3.63, 3.8) is 0 Å². The molecule has 0 unspecified atom stereocenters. The summed E-state index contributed by atoms with van der Waals surface area (Å²) >= 11 is 0. The van der Waals surface area contributed by atoms with Crippen molar-refractivity contribution in [2.24, 2.45) is 0 Å². The second kappa shape index (κ2) is 16.4. The van der Waals surface area contributed by atoms with Crippen molar-refractivity contribution in [3.8, 4) is 84.4 Å². The zero-order valence-corrected chi connectivity index (χ0v) is 36.8. The monoisotopic (exact) mass is 868 g/mol. The molecule has 3 heterocycles. The minimum atomic E-state index is 0.595. The lowest BCUT2D eigenvalue weighted by Gasteiger charge is -2.16. The molecule has 5 heteroatoms. The van der Waals surface area contributed by atoms with E-state index in [-0.39, 0.29) is 0 Å². The predicted molar refractivity (Wildman–Crippen MR) is 279 cm³/mol. The number of rotatable bonds is 8. The Kier molecular flexibility index (Phi) is 9.43. The van der Waals surface area contributed by atoms with Gasteiger partial charge in [0.25, 0.3) is 0 Å². The third kappa shape index (κ3) is 6.84. The van der Waals surface area contributed by atoms with Crippen molar-refractivity contribution in [2.75, 3.05) is 0 Å². The maximum atomic E-state index is 6.54. The van der Waals surface area contributed by atoms with Gasteiger partial charge in [-0.1, -0.05) is 206 Å². The van der Waals surface area contributed by atoms with Crippen molar-refractivity contribution in [1.29, 1.82) is 0 Å². The number of hydrogen-bond donors (Lipinski definition) is 0. The van der Waals surface area contributed by atoms with Crippen LogP contribution >= 0.6 is 0 Å². The molecule has 0 saturated heterocycles. The van der Waals surface area contributed by atoms with Gasteiger partial charge in [0.15, 0.2) is 17.5 Å². The highest BCUT2D eigenvalue weighted by Crippen LogP contribution is 2.41. The molecular formula is C63H40N4O. The SMILES string of the molecule is c1ccc(-c2ccc(-c3nc(-c4ccc(-c5ccccc5)cc4)nc(-c4ccc(-n5c6ccccc6c6ccc(-c7cccc8c7oc7ccccc78)cc65)cc4-c4ccccc4)n3)cc2)cc1. The molecule has 0 aliphatic rings. The maximum Gasteiger partial charge on any atom is 0.164 e. The van der Waals surface area contributed by atoms with E-state index in [0.29, 0.717) is 17.5 Å². The van der Waals surface area contributed by atoms with Gasteiger partial charge in [-0.2, -0.15) is 0 Å². The average Bonchev–Trinajstić information content (AvgIpc) is 3.97. The van der Waals surface area contributed by atoms with E-state index < -0.39 is 0 Å². The Hall–Kier alpha value is -9.19. The molecule has 10 aromatic carbocycles. The lowest BCUT2D eigenvalue weighted by atomic mass is 9.97. The van der Waals surface area contributed by atoms with Crippen molar-refractivity contribution in [2.45, 2.75) is 0 Å². The van der Waals surface area contributed by atoms with Crippen LogP contribution in [0, 0.1) is 0 Å². The normalized spacial score (nSPS) is 11.5. The summed E-state index contributed by atoms with van der Waals surface area (Å²) in [5.74, 6) is 1.81. The van der Waals surface area contributed by atoms with Gasteiger partial charge in [-0.05, 0) is 75.3 Å². The van der Waals surface area contributed by atoms with E-state index in [1.165, 1.54) is 10.8 Å². The Bertz CT molecular complexity index is 3890. The van der Waals surface area contributed by atoms with Crippen LogP contribution in [-0.4, -0.2) is 19.5 Å². The van der Waals surface area contributed by atoms with Crippen molar-refractivity contribution in [3.05, 3.63) is 243 Å². The van der Waals surface area contributed by atoms with E-state index >= 15 is 0 Å². The smallest absolute Gasteiger partial charge is 0.164 e. The van der Waals surface area contributed by atoms with E-state index in [2.05, 4.69) is 223 Å². The van der Waals surface area contributed by atoms with Crippen LogP contribution in [0.4, 0.5) is 0 Å². The first-order valence-electron chi connectivity index (χ1n) is 22.9. The Balaban J connectivity index is 0.989. The molecule has 0 aliphatic heterocycles. The second-order valence-corrected chi connectivity index (χ2v) is 17.2. The predicted octanol–water partition coefficient (Wildman–Crippen LogP) is 16.5. The molecule has 0 amide bonds. The number of fused-ring (bicyclic) bond motifs is 6. The van der Waals surface area contributed by atoms with Crippen LogP contribution in [0.1, 0.15) is 0 Å². The molecule has 0 fully saturated rings. The van der Waals surface area contributed by atoms with Crippen LogP contribution in [0.15, 0.2) is 247 Å². The molecule has 318 valence electrons. The van der Waals surface area contributed by atoms with Gasteiger partial charge in [-0.15, -0.1) is 0 Å². The summed E-state index contributed by atoms with van der Waals surface area (Å²) in [7, 11) is 0. The van der Waals surface area contributed by atoms with Crippen LogP contribution in [-0.2, 0) is 0 Å². The molecule has 0 radical (unpaired) electrons. The molecule has 0 aliphatic carbocycles. The van der Waals surface area contributed by atoms with E-state index in [9.17, 15) is 0 Å². The molecule has 0 spiro atoms. The zero-order chi connectivity index (χ0) is 45.0. The molecule has 68 heavy (non-hydrogen) atoms. The molecule has 13 aromatic rings. The summed E-state index contributed by atoms with van der Waals surface area (Å²) in [5.41, 5.74) is 16.6. The van der Waals surface area contributed by atoms with Gasteiger partial charge in [0.05, 0.1) is 11.0 Å². The first-order chi connectivity index (χ1) is 33.7. The van der Waals surface area contributed by atoms with Gasteiger partial charge in [-0.3, -0.25) is 0 Å². The third-order valence-electron chi connectivity index (χ3n) is 13.1. The topological polar surface area (TPSA) is 56.7 Å². The van der Waals surface area contributed by atoms with Gasteiger partial charge >= 0.3 is 0 Å². The number of furan rings is 1. The molecule has 0 N–H and O–H groups in total. The molecule has 0 bridgehead atoms. The molecule has 5 nitrogen and oxygen atoms in total. The van der Waals surface area contributed by atoms with E-state index in [1.807, 2.05) is 24.3 Å². The van der Waals surface area contributed by atoms with Crippen LogP contribution < -0.4 is 0 Å². The van der Waals surface area contributed by atoms with Crippen LogP contribution in [0.2, 0.25) is 0 Å². The third-order valence-corrected chi connectivity index (χ3v) is 13.1. The quantitative estimate of drug-likeness (QED) is 0.153. The largest absolute Gasteiger partial charge is 0.455 e. The highest BCUT2D eigenvalue weighted by Gasteiger charge is 2.20. The van der Waals surface area contributed by atoms with E-state index in [1.54, 1.807) is 0 Å². The Morgan fingerprint density at radius 2 is 0.779 bits per heavy atom. The number of nitrogens with zero attached hydrogens (tertiary/aromatic N) is 4. The summed E-state index contributed by atoms with van der Waals surface area (Å²) in [6.45, 7) is 0. The second-order valence-electron chi connectivity index (χ2n) is 17.2. The first kappa shape index (κ1) is 39.2. The summed E-state index contributed by atoms with van der Waals surface area (Å²) in [5, 5.41) is 4.59. The summed E-state index contributed by atoms with van der Waals surface area (Å²) < 4.78 is 8.93. The van der Waals surface area contributed by atoms with Crippen LogP contribution in [0.25, 0.3) is 128 Å². The Labute approximate surface area is 392 Å². The van der Waals surface area contributed by atoms with Gasteiger partial charge in [0.1, 0.15) is 11.2 Å². The standard InChI is InChI=1S/C63H40N4O/c1-4-15-41(16-5-1)43-27-31-46(32-28-43)61-64-62(47-33-29-44(30-34-47)42-17-6-2-7-18-42)66-63(65-61)55-38-36-49(40-56(55)45-19-8-3-9-20-45)67-57-25-12-10-21-51(57)52-37-35-48(39-58(52)67)50-23-14-24-54-53-22-11-13-26-59(53)68-60(50)54/h1-40H. The summed E-state index contributed by atoms with van der Waals surface area (Å²) in [6.07, 6.45) is 0. The van der Waals surface area contributed by atoms with Crippen LogP contribution in [0.3, 0.4) is 0 Å². The molecule has 13 rings (SSSR count). The van der Waals surface area contributed by atoms with E-state index in [4.69, 9.17) is 19.4 Å². The zero-order valence-electron chi connectivity index (χ0n) is 36.8. The summed E-state index contributed by atoms with van der Waals surface area (Å²) in [6, 6.07) is 85.2. The molecule has 0 saturated carbocycles. The lowest BCUT2D eigenvalue weighted by Crippen LogP contribution is -2.02. The fraction of sp³-hybridized carbons (Fsp3) is 0. The van der Waals surface area contributed by atoms with Crippen molar-refractivity contribution >= 4 is 43.7 Å². The molecule has 3 aromatic heterocycles. The van der Waals surface area contributed by atoms with Crippen LogP contribution in [0.5, 0.6) is 0 Å². The minimum absolute atomic E-state index is 0.595. The van der Waals surface area contributed by atoms with Gasteiger partial charge in [0, 0.05) is 49.5 Å². The number of benzene rings is 10. The van der Waals surface area contributed by atoms with E-state index in [0.717, 1.165) is 99.9 Å². The Morgan fingerprint density at radius 1 is 0.279 bits per heavy atom. The van der Waals surface area contributed by atoms with Gasteiger partial charge < -0.3 is 8.98 Å². The lowest BCUT2D eigenvalue weighted by molar-refractivity contribution is 0.670. The van der Waals surface area contributed by atoms with Gasteiger partial charge in [-0.25, -0.2) is 15.0 Å². The Morgan fingerprint density at radius 3 is 1.44 bits per heavy atom. The minimum Gasteiger partial charge on any atom is -0.455 e. The molecular weight excluding hydrogens is 829 g/mol. The molecule has 0 atom stereocenters. The first-order valence-corrected chi connectivity index (χ1v) is 22.9. The van der Waals surface area contributed by atoms with Crippen molar-refractivity contribution in [1.82, 2.24) is 19.5 Å². The number of hydrogen-bond acceptors (Lipinski definition) is 4. The van der Waals surface area contributed by atoms with Crippen molar-refractivity contribution < 1.29 is 4.42 Å². The fourth-order valence-electron chi connectivity index (χ4n) is 9.75. The fourth-order valence-corrected chi connectivity index (χ4v) is 9.75. The number of para-hydroxylation sites is 3. The summed E-state index contributed by atoms with van der Waals surface area (Å²) in [4.78, 5) is 15.8. The highest BCUT2D eigenvalue weighted by molar-refractivity contribution is 6.13. The maximum absolute atomic E-state index is 6.54.